The number of aromatic carboxylic acids is 1. The van der Waals surface area contributed by atoms with Crippen LogP contribution in [0.3, 0.4) is 0 Å². The van der Waals surface area contributed by atoms with Gasteiger partial charge >= 0.3 is 5.97 Å². The van der Waals surface area contributed by atoms with Crippen LogP contribution in [0.2, 0.25) is 0 Å². The molecule has 5 heteroatoms. The predicted octanol–water partition coefficient (Wildman–Crippen LogP) is 1.95. The van der Waals surface area contributed by atoms with Crippen molar-refractivity contribution in [3.05, 3.63) is 23.7 Å². The topological polar surface area (TPSA) is 76.5 Å². The molecule has 0 radical (unpaired) electrons. The fourth-order valence-electron chi connectivity index (χ4n) is 1.05. The Bertz CT molecular complexity index is 341. The number of carboxylic acids is 1. The molecular formula is C10H15NO3S. The molecule has 0 atom stereocenters. The molecule has 0 saturated carbocycles. The maximum absolute atomic E-state index is 10.7. The van der Waals surface area contributed by atoms with Gasteiger partial charge in [-0.15, -0.1) is 0 Å². The normalized spacial score (nSPS) is 11.7. The van der Waals surface area contributed by atoms with Gasteiger partial charge in [0.25, 0.3) is 0 Å². The third-order valence-corrected chi connectivity index (χ3v) is 3.10. The largest absolute Gasteiger partial charge is 0.478 e. The lowest BCUT2D eigenvalue weighted by Crippen LogP contribution is -2.34. The highest BCUT2D eigenvalue weighted by molar-refractivity contribution is 7.98. The van der Waals surface area contributed by atoms with Crippen LogP contribution in [0.5, 0.6) is 0 Å². The van der Waals surface area contributed by atoms with E-state index in [1.165, 1.54) is 12.3 Å². The van der Waals surface area contributed by atoms with Gasteiger partial charge in [0.15, 0.2) is 0 Å². The Morgan fingerprint density at radius 2 is 2.33 bits per heavy atom. The highest BCUT2D eigenvalue weighted by Crippen LogP contribution is 2.20. The molecule has 1 rings (SSSR count). The summed E-state index contributed by atoms with van der Waals surface area (Å²) in [7, 11) is 0. The summed E-state index contributed by atoms with van der Waals surface area (Å²) in [6.45, 7) is 3.86. The van der Waals surface area contributed by atoms with E-state index in [1.807, 2.05) is 13.8 Å². The second kappa shape index (κ2) is 4.72. The average molecular weight is 229 g/mol. The molecule has 3 N–H and O–H groups in total. The summed E-state index contributed by atoms with van der Waals surface area (Å²) in [5, 5.41) is 8.82. The van der Waals surface area contributed by atoms with Gasteiger partial charge in [0.05, 0.1) is 12.0 Å². The van der Waals surface area contributed by atoms with Gasteiger partial charge in [-0.05, 0) is 19.9 Å². The Kier molecular flexibility index (Phi) is 3.82. The molecule has 0 aromatic carbocycles. The summed E-state index contributed by atoms with van der Waals surface area (Å²) in [4.78, 5) is 10.7. The molecule has 1 heterocycles. The molecule has 1 aromatic rings. The van der Waals surface area contributed by atoms with Crippen LogP contribution in [0.15, 0.2) is 16.7 Å². The number of thioether (sulfide) groups is 1. The first-order valence-electron chi connectivity index (χ1n) is 4.56. The highest BCUT2D eigenvalue weighted by atomic mass is 32.2. The summed E-state index contributed by atoms with van der Waals surface area (Å²) in [6.07, 6.45) is 1.40. The number of carbonyl (C=O) groups is 1. The SMILES string of the molecule is CC(C)(N)CSCc1occc1C(=O)O. The Labute approximate surface area is 92.8 Å². The molecule has 1 aromatic heterocycles. The smallest absolute Gasteiger partial charge is 0.339 e. The van der Waals surface area contributed by atoms with Crippen LogP contribution in [-0.4, -0.2) is 22.4 Å². The van der Waals surface area contributed by atoms with Crippen molar-refractivity contribution in [1.29, 1.82) is 0 Å². The molecule has 0 aliphatic heterocycles. The van der Waals surface area contributed by atoms with E-state index < -0.39 is 5.97 Å². The number of rotatable bonds is 5. The molecule has 0 unspecified atom stereocenters. The van der Waals surface area contributed by atoms with Crippen LogP contribution in [0.25, 0.3) is 0 Å². The van der Waals surface area contributed by atoms with E-state index in [4.69, 9.17) is 15.3 Å². The first-order chi connectivity index (χ1) is 6.90. The van der Waals surface area contributed by atoms with Gasteiger partial charge in [-0.1, -0.05) is 0 Å². The summed E-state index contributed by atoms with van der Waals surface area (Å²) >= 11 is 1.57. The van der Waals surface area contributed by atoms with Crippen LogP contribution < -0.4 is 5.73 Å². The summed E-state index contributed by atoms with van der Waals surface area (Å²) in [5.41, 5.74) is 5.79. The molecule has 0 amide bonds. The van der Waals surface area contributed by atoms with Crippen molar-refractivity contribution >= 4 is 17.7 Å². The fraction of sp³-hybridized carbons (Fsp3) is 0.500. The van der Waals surface area contributed by atoms with Gasteiger partial charge in [0, 0.05) is 11.3 Å². The zero-order chi connectivity index (χ0) is 11.5. The van der Waals surface area contributed by atoms with Crippen molar-refractivity contribution in [2.45, 2.75) is 25.1 Å². The van der Waals surface area contributed by atoms with Crippen LogP contribution in [-0.2, 0) is 5.75 Å². The molecule has 0 aliphatic rings. The van der Waals surface area contributed by atoms with Gasteiger partial charge in [-0.2, -0.15) is 11.8 Å². The highest BCUT2D eigenvalue weighted by Gasteiger charge is 2.15. The first kappa shape index (κ1) is 12.1. The molecule has 15 heavy (non-hydrogen) atoms. The molecule has 0 saturated heterocycles. The van der Waals surface area contributed by atoms with Crippen molar-refractivity contribution in [2.24, 2.45) is 5.73 Å². The average Bonchev–Trinajstić information content (AvgIpc) is 2.49. The standard InChI is InChI=1S/C10H15NO3S/c1-10(2,11)6-15-5-8-7(9(12)13)3-4-14-8/h3-4H,5-6,11H2,1-2H3,(H,12,13). The van der Waals surface area contributed by atoms with Crippen molar-refractivity contribution in [2.75, 3.05) is 5.75 Å². The number of hydrogen-bond acceptors (Lipinski definition) is 4. The second-order valence-electron chi connectivity index (χ2n) is 4.04. The summed E-state index contributed by atoms with van der Waals surface area (Å²) in [6, 6.07) is 1.46. The van der Waals surface area contributed by atoms with Gasteiger partial charge in [-0.25, -0.2) is 4.79 Å². The maximum atomic E-state index is 10.7. The van der Waals surface area contributed by atoms with Crippen LogP contribution in [0, 0.1) is 0 Å². The molecule has 0 fully saturated rings. The zero-order valence-electron chi connectivity index (χ0n) is 8.82. The first-order valence-corrected chi connectivity index (χ1v) is 5.72. The number of nitrogens with two attached hydrogens (primary N) is 1. The Morgan fingerprint density at radius 1 is 1.67 bits per heavy atom. The van der Waals surface area contributed by atoms with Crippen LogP contribution >= 0.6 is 11.8 Å². The van der Waals surface area contributed by atoms with E-state index in [1.54, 1.807) is 11.8 Å². The van der Waals surface area contributed by atoms with E-state index in [0.717, 1.165) is 5.75 Å². The monoisotopic (exact) mass is 229 g/mol. The number of carboxylic acid groups (broad SMARTS) is 1. The van der Waals surface area contributed by atoms with Crippen molar-refractivity contribution < 1.29 is 14.3 Å². The maximum Gasteiger partial charge on any atom is 0.339 e. The quantitative estimate of drug-likeness (QED) is 0.807. The molecule has 4 nitrogen and oxygen atoms in total. The Balaban J connectivity index is 2.51. The minimum atomic E-state index is -0.952. The number of hydrogen-bond donors (Lipinski definition) is 2. The summed E-state index contributed by atoms with van der Waals surface area (Å²) in [5.74, 6) is 0.838. The van der Waals surface area contributed by atoms with E-state index in [0.29, 0.717) is 11.5 Å². The van der Waals surface area contributed by atoms with E-state index in [9.17, 15) is 4.79 Å². The van der Waals surface area contributed by atoms with E-state index in [-0.39, 0.29) is 11.1 Å². The van der Waals surface area contributed by atoms with Crippen LogP contribution in [0.4, 0.5) is 0 Å². The molecule has 0 bridgehead atoms. The minimum Gasteiger partial charge on any atom is -0.478 e. The third kappa shape index (κ3) is 3.97. The lowest BCUT2D eigenvalue weighted by Gasteiger charge is -2.16. The second-order valence-corrected chi connectivity index (χ2v) is 5.03. The fourth-order valence-corrected chi connectivity index (χ4v) is 2.09. The number of furan rings is 1. The zero-order valence-corrected chi connectivity index (χ0v) is 9.63. The van der Waals surface area contributed by atoms with Crippen LogP contribution in [0.1, 0.15) is 30.0 Å². The minimum absolute atomic E-state index is 0.234. The summed E-state index contributed by atoms with van der Waals surface area (Å²) < 4.78 is 5.10. The van der Waals surface area contributed by atoms with Crippen molar-refractivity contribution in [3.63, 3.8) is 0 Å². The Hall–Kier alpha value is -0.940. The molecule has 84 valence electrons. The van der Waals surface area contributed by atoms with E-state index in [2.05, 4.69) is 0 Å². The third-order valence-electron chi connectivity index (χ3n) is 1.68. The lowest BCUT2D eigenvalue weighted by atomic mass is 10.1. The molecule has 0 aliphatic carbocycles. The lowest BCUT2D eigenvalue weighted by molar-refractivity contribution is 0.0695. The van der Waals surface area contributed by atoms with E-state index >= 15 is 0 Å². The molecular weight excluding hydrogens is 214 g/mol. The van der Waals surface area contributed by atoms with Gasteiger partial charge < -0.3 is 15.3 Å². The molecule has 0 spiro atoms. The van der Waals surface area contributed by atoms with Gasteiger partial charge in [-0.3, -0.25) is 0 Å². The van der Waals surface area contributed by atoms with Gasteiger partial charge in [0.2, 0.25) is 0 Å². The predicted molar refractivity (Wildman–Crippen MR) is 60.1 cm³/mol. The Morgan fingerprint density at radius 3 is 2.87 bits per heavy atom. The van der Waals surface area contributed by atoms with Crippen molar-refractivity contribution in [1.82, 2.24) is 0 Å². The van der Waals surface area contributed by atoms with Crippen molar-refractivity contribution in [3.8, 4) is 0 Å². The van der Waals surface area contributed by atoms with Gasteiger partial charge in [0.1, 0.15) is 11.3 Å².